The van der Waals surface area contributed by atoms with Gasteiger partial charge in [0, 0.05) is 38.6 Å². The van der Waals surface area contributed by atoms with E-state index >= 15 is 0 Å². The predicted molar refractivity (Wildman–Crippen MR) is 129 cm³/mol. The van der Waals surface area contributed by atoms with Crippen molar-refractivity contribution in [3.63, 3.8) is 0 Å². The molecule has 3 aromatic rings. The number of benzene rings is 2. The first-order chi connectivity index (χ1) is 16.8. The highest BCUT2D eigenvalue weighted by Gasteiger charge is 2.27. The van der Waals surface area contributed by atoms with Crippen LogP contribution in [0.25, 0.3) is 11.3 Å². The zero-order valence-electron chi connectivity index (χ0n) is 19.5. The van der Waals surface area contributed by atoms with Crippen LogP contribution in [0.5, 0.6) is 0 Å². The molecule has 9 heteroatoms. The van der Waals surface area contributed by atoms with Crippen molar-refractivity contribution in [2.24, 2.45) is 0 Å². The molecule has 35 heavy (non-hydrogen) atoms. The minimum absolute atomic E-state index is 0.0859. The fraction of sp³-hybridized carbons (Fsp3) is 0.269. The third kappa shape index (κ3) is 5.46. The summed E-state index contributed by atoms with van der Waals surface area (Å²) >= 11 is 0. The molecule has 0 atom stereocenters. The third-order valence-electron chi connectivity index (χ3n) is 5.60. The van der Waals surface area contributed by atoms with E-state index < -0.39 is 11.6 Å². The van der Waals surface area contributed by atoms with Gasteiger partial charge in [0.25, 0.3) is 11.8 Å². The van der Waals surface area contributed by atoms with Crippen molar-refractivity contribution in [1.82, 2.24) is 15.2 Å². The van der Waals surface area contributed by atoms with Gasteiger partial charge in [-0.05, 0) is 55.3 Å². The maximum atomic E-state index is 14.3. The Labute approximate surface area is 202 Å². The number of nitrogens with zero attached hydrogens (tertiary/aromatic N) is 2. The molecule has 2 aromatic carbocycles. The monoisotopic (exact) mass is 480 g/mol. The summed E-state index contributed by atoms with van der Waals surface area (Å²) < 4.78 is 33.5. The summed E-state index contributed by atoms with van der Waals surface area (Å²) in [5.41, 5.74) is 2.05. The minimum atomic E-state index is -0.739. The summed E-state index contributed by atoms with van der Waals surface area (Å²) in [5.74, 6) is -1.93. The van der Waals surface area contributed by atoms with Gasteiger partial charge in [-0.3, -0.25) is 9.59 Å². The molecule has 2 aliphatic rings. The molecular weight excluding hydrogens is 454 g/mol. The number of carbonyl (C=O) groups excluding carboxylic acids is 2. The highest BCUT2D eigenvalue weighted by atomic mass is 19.1. The SMILES string of the molecule is C1CCOC1.CN(C)C(=O)c1ccc(Nc2cc(-c3c(F)cccc3F)nc3c2C(=O)NC3)cc1. The van der Waals surface area contributed by atoms with Crippen molar-refractivity contribution in [3.05, 3.63) is 77.0 Å². The van der Waals surface area contributed by atoms with Crippen molar-refractivity contribution in [3.8, 4) is 11.3 Å². The Morgan fingerprint density at radius 2 is 1.69 bits per heavy atom. The molecule has 5 rings (SSSR count). The molecule has 1 saturated heterocycles. The Morgan fingerprint density at radius 3 is 2.26 bits per heavy atom. The van der Waals surface area contributed by atoms with E-state index in [2.05, 4.69) is 15.6 Å². The molecule has 0 radical (unpaired) electrons. The minimum Gasteiger partial charge on any atom is -0.381 e. The van der Waals surface area contributed by atoms with E-state index in [9.17, 15) is 18.4 Å². The maximum absolute atomic E-state index is 14.3. The van der Waals surface area contributed by atoms with Gasteiger partial charge in [0.1, 0.15) is 11.6 Å². The molecule has 0 spiro atoms. The van der Waals surface area contributed by atoms with Gasteiger partial charge in [-0.15, -0.1) is 0 Å². The molecule has 2 N–H and O–H groups in total. The van der Waals surface area contributed by atoms with E-state index in [1.807, 2.05) is 0 Å². The average Bonchev–Trinajstić information content (AvgIpc) is 3.53. The predicted octanol–water partition coefficient (Wildman–Crippen LogP) is 4.51. The van der Waals surface area contributed by atoms with E-state index in [4.69, 9.17) is 4.74 Å². The zero-order chi connectivity index (χ0) is 24.9. The molecule has 0 unspecified atom stereocenters. The van der Waals surface area contributed by atoms with E-state index in [1.165, 1.54) is 29.9 Å². The van der Waals surface area contributed by atoms with E-state index in [1.54, 1.807) is 38.4 Å². The molecule has 0 saturated carbocycles. The lowest BCUT2D eigenvalue weighted by molar-refractivity contribution is 0.0827. The Hall–Kier alpha value is -3.85. The van der Waals surface area contributed by atoms with Gasteiger partial charge in [0.15, 0.2) is 0 Å². The van der Waals surface area contributed by atoms with Crippen LogP contribution in [0, 0.1) is 11.6 Å². The largest absolute Gasteiger partial charge is 0.381 e. The van der Waals surface area contributed by atoms with Gasteiger partial charge in [-0.1, -0.05) is 6.07 Å². The van der Waals surface area contributed by atoms with Crippen LogP contribution >= 0.6 is 0 Å². The summed E-state index contributed by atoms with van der Waals surface area (Å²) in [6, 6.07) is 11.7. The van der Waals surface area contributed by atoms with Gasteiger partial charge >= 0.3 is 0 Å². The number of amides is 2. The van der Waals surface area contributed by atoms with Crippen LogP contribution in [0.3, 0.4) is 0 Å². The first-order valence-corrected chi connectivity index (χ1v) is 11.3. The fourth-order valence-electron chi connectivity index (χ4n) is 3.82. The number of hydrogen-bond donors (Lipinski definition) is 2. The second kappa shape index (κ2) is 10.6. The molecule has 2 aliphatic heterocycles. The molecule has 0 bridgehead atoms. The van der Waals surface area contributed by atoms with Gasteiger partial charge in [0.2, 0.25) is 0 Å². The second-order valence-electron chi connectivity index (χ2n) is 8.38. The number of rotatable bonds is 4. The van der Waals surface area contributed by atoms with Crippen LogP contribution in [-0.2, 0) is 11.3 Å². The van der Waals surface area contributed by atoms with Crippen molar-refractivity contribution in [1.29, 1.82) is 0 Å². The first-order valence-electron chi connectivity index (χ1n) is 11.3. The van der Waals surface area contributed by atoms with Crippen molar-refractivity contribution in [2.75, 3.05) is 32.6 Å². The Morgan fingerprint density at radius 1 is 1.03 bits per heavy atom. The summed E-state index contributed by atoms with van der Waals surface area (Å²) in [4.78, 5) is 30.1. The average molecular weight is 481 g/mol. The normalized spacial score (nSPS) is 14.0. The van der Waals surface area contributed by atoms with E-state index in [0.29, 0.717) is 28.2 Å². The second-order valence-corrected chi connectivity index (χ2v) is 8.38. The van der Waals surface area contributed by atoms with Crippen LogP contribution in [0.2, 0.25) is 0 Å². The summed E-state index contributed by atoms with van der Waals surface area (Å²) in [7, 11) is 3.33. The molecule has 1 fully saturated rings. The lowest BCUT2D eigenvalue weighted by atomic mass is 10.1. The topological polar surface area (TPSA) is 83.6 Å². The van der Waals surface area contributed by atoms with Crippen molar-refractivity contribution in [2.45, 2.75) is 19.4 Å². The molecular formula is C26H26F2N4O3. The smallest absolute Gasteiger partial charge is 0.255 e. The molecule has 0 aliphatic carbocycles. The van der Waals surface area contributed by atoms with Crippen molar-refractivity contribution < 1.29 is 23.1 Å². The van der Waals surface area contributed by atoms with Crippen LogP contribution < -0.4 is 10.6 Å². The van der Waals surface area contributed by atoms with Crippen molar-refractivity contribution >= 4 is 23.2 Å². The van der Waals surface area contributed by atoms with Gasteiger partial charge in [-0.25, -0.2) is 13.8 Å². The van der Waals surface area contributed by atoms with Crippen LogP contribution in [0.1, 0.15) is 39.3 Å². The maximum Gasteiger partial charge on any atom is 0.255 e. The Bertz CT molecular complexity index is 1210. The Kier molecular flexibility index (Phi) is 7.36. The standard InChI is InChI=1S/C22H18F2N4O2.C4H8O/c1-28(2)22(30)12-6-8-13(9-7-12)26-17-10-16(19-14(23)4-3-5-15(19)24)27-18-11-25-21(29)20(17)18;1-2-4-5-3-1/h3-10H,11H2,1-2H3,(H,25,29)(H,26,27);1-4H2. The zero-order valence-corrected chi connectivity index (χ0v) is 19.5. The van der Waals surface area contributed by atoms with Gasteiger partial charge in [0.05, 0.1) is 34.7 Å². The number of halogens is 2. The summed E-state index contributed by atoms with van der Waals surface area (Å²) in [6.07, 6.45) is 2.56. The molecule has 3 heterocycles. The number of pyridine rings is 1. The molecule has 7 nitrogen and oxygen atoms in total. The lowest BCUT2D eigenvalue weighted by Crippen LogP contribution is -2.21. The van der Waals surface area contributed by atoms with Gasteiger partial charge in [-0.2, -0.15) is 0 Å². The summed E-state index contributed by atoms with van der Waals surface area (Å²) in [6.45, 7) is 2.17. The highest BCUT2D eigenvalue weighted by Crippen LogP contribution is 2.33. The number of anilines is 2. The third-order valence-corrected chi connectivity index (χ3v) is 5.60. The Balaban J connectivity index is 0.000000514. The lowest BCUT2D eigenvalue weighted by Gasteiger charge is -2.14. The van der Waals surface area contributed by atoms with E-state index in [0.717, 1.165) is 25.3 Å². The number of nitrogens with one attached hydrogen (secondary N) is 2. The first kappa shape index (κ1) is 24.3. The molecule has 182 valence electrons. The van der Waals surface area contributed by atoms with Crippen LogP contribution in [-0.4, -0.2) is 49.0 Å². The number of fused-ring (bicyclic) bond motifs is 1. The number of ether oxygens (including phenoxy) is 1. The molecule has 2 amide bonds. The summed E-state index contributed by atoms with van der Waals surface area (Å²) in [5, 5.41) is 5.78. The van der Waals surface area contributed by atoms with E-state index in [-0.39, 0.29) is 29.6 Å². The number of aromatic nitrogens is 1. The highest BCUT2D eigenvalue weighted by molar-refractivity contribution is 6.04. The number of carbonyl (C=O) groups is 2. The van der Waals surface area contributed by atoms with Gasteiger partial charge < -0.3 is 20.3 Å². The fourth-order valence-corrected chi connectivity index (χ4v) is 3.82. The molecule has 1 aromatic heterocycles. The van der Waals surface area contributed by atoms with Crippen LogP contribution in [0.15, 0.2) is 48.5 Å². The van der Waals surface area contributed by atoms with Crippen LogP contribution in [0.4, 0.5) is 20.2 Å². The quantitative estimate of drug-likeness (QED) is 0.574. The number of hydrogen-bond acceptors (Lipinski definition) is 5.